The van der Waals surface area contributed by atoms with E-state index in [2.05, 4.69) is 32.3 Å². The number of nitrogens with zero attached hydrogens (tertiary/aromatic N) is 5. The van der Waals surface area contributed by atoms with Crippen molar-refractivity contribution >= 4 is 29.0 Å². The van der Waals surface area contributed by atoms with E-state index in [4.69, 9.17) is 24.9 Å². The van der Waals surface area contributed by atoms with Gasteiger partial charge in [-0.2, -0.15) is 4.98 Å². The number of aromatic nitrogens is 3. The van der Waals surface area contributed by atoms with Gasteiger partial charge in [0.15, 0.2) is 5.82 Å². The quantitative estimate of drug-likeness (QED) is 0.254. The topological polar surface area (TPSA) is 112 Å². The fourth-order valence-electron chi connectivity index (χ4n) is 4.61. The maximum absolute atomic E-state index is 9.02. The van der Waals surface area contributed by atoms with E-state index in [0.717, 1.165) is 43.4 Å². The van der Waals surface area contributed by atoms with Crippen LogP contribution < -0.4 is 20.4 Å². The van der Waals surface area contributed by atoms with Gasteiger partial charge >= 0.3 is 0 Å². The van der Waals surface area contributed by atoms with Crippen LogP contribution in [-0.4, -0.2) is 86.4 Å². The van der Waals surface area contributed by atoms with Crippen LogP contribution in [0.5, 0.6) is 0 Å². The van der Waals surface area contributed by atoms with Crippen molar-refractivity contribution in [2.24, 2.45) is 11.8 Å². The number of piperazine rings is 1. The number of nitrogens with one attached hydrogen (secondary N) is 3. The number of rotatable bonds is 14. The molecule has 1 aliphatic heterocycles. The van der Waals surface area contributed by atoms with E-state index < -0.39 is 0 Å². The first kappa shape index (κ1) is 26.8. The largest absolute Gasteiger partial charge is 0.379 e. The Hall–Kier alpha value is -2.82. The van der Waals surface area contributed by atoms with Crippen LogP contribution in [0.4, 0.5) is 23.3 Å². The fourth-order valence-corrected chi connectivity index (χ4v) is 4.61. The summed E-state index contributed by atoms with van der Waals surface area (Å²) >= 11 is 0. The van der Waals surface area contributed by atoms with Crippen LogP contribution in [0.2, 0.25) is 0 Å². The van der Waals surface area contributed by atoms with Crippen LogP contribution in [-0.2, 0) is 9.47 Å². The third-order valence-electron chi connectivity index (χ3n) is 7.27. The van der Waals surface area contributed by atoms with Crippen molar-refractivity contribution in [2.45, 2.75) is 45.6 Å². The Morgan fingerprint density at radius 3 is 2.66 bits per heavy atom. The minimum Gasteiger partial charge on any atom is -0.379 e. The first-order valence-electron chi connectivity index (χ1n) is 14.0. The highest BCUT2D eigenvalue weighted by Crippen LogP contribution is 2.33. The summed E-state index contributed by atoms with van der Waals surface area (Å²) in [6.07, 6.45) is 6.78. The lowest BCUT2D eigenvalue weighted by atomic mass is 10.2. The Bertz CT molecular complexity index is 1100. The molecule has 10 nitrogen and oxygen atoms in total. The van der Waals surface area contributed by atoms with Gasteiger partial charge in [-0.05, 0) is 69.1 Å². The number of aryl methyl sites for hydroxylation is 1. The van der Waals surface area contributed by atoms with Crippen molar-refractivity contribution < 1.29 is 9.47 Å². The minimum atomic E-state index is 0.228. The molecule has 1 saturated heterocycles. The van der Waals surface area contributed by atoms with E-state index in [1.807, 2.05) is 26.1 Å². The third-order valence-corrected chi connectivity index (χ3v) is 7.27. The van der Waals surface area contributed by atoms with Gasteiger partial charge < -0.3 is 35.3 Å². The number of anilines is 4. The minimum absolute atomic E-state index is 0.228. The van der Waals surface area contributed by atoms with E-state index in [9.17, 15) is 0 Å². The lowest BCUT2D eigenvalue weighted by Crippen LogP contribution is -2.50. The van der Waals surface area contributed by atoms with Gasteiger partial charge in [0.2, 0.25) is 5.95 Å². The Labute approximate surface area is 226 Å². The van der Waals surface area contributed by atoms with Crippen LogP contribution in [0.25, 0.3) is 0 Å². The maximum atomic E-state index is 9.02. The van der Waals surface area contributed by atoms with Gasteiger partial charge in [-0.1, -0.05) is 0 Å². The molecule has 2 aliphatic carbocycles. The monoisotopic (exact) mass is 522 g/mol. The van der Waals surface area contributed by atoms with Gasteiger partial charge in [-0.25, -0.2) is 9.97 Å². The summed E-state index contributed by atoms with van der Waals surface area (Å²) < 4.78 is 11.9. The summed E-state index contributed by atoms with van der Waals surface area (Å²) in [6, 6.07) is 4.31. The van der Waals surface area contributed by atoms with Crippen LogP contribution >= 0.6 is 0 Å². The highest BCUT2D eigenvalue weighted by Gasteiger charge is 2.27. The van der Waals surface area contributed by atoms with Crippen molar-refractivity contribution in [1.82, 2.24) is 20.3 Å². The molecule has 1 atom stereocenters. The Morgan fingerprint density at radius 2 is 1.95 bits per heavy atom. The average Bonchev–Trinajstić information content (AvgIpc) is 3.82. The molecule has 206 valence electrons. The summed E-state index contributed by atoms with van der Waals surface area (Å²) in [4.78, 5) is 18.8. The van der Waals surface area contributed by atoms with Gasteiger partial charge in [0.05, 0.1) is 18.9 Å². The van der Waals surface area contributed by atoms with Crippen molar-refractivity contribution in [1.29, 1.82) is 5.41 Å². The summed E-state index contributed by atoms with van der Waals surface area (Å²) in [5, 5.41) is 16.0. The Kier molecular flexibility index (Phi) is 8.71. The van der Waals surface area contributed by atoms with Crippen molar-refractivity contribution in [3.05, 3.63) is 29.6 Å². The van der Waals surface area contributed by atoms with Crippen LogP contribution in [0.1, 0.15) is 43.9 Å². The van der Waals surface area contributed by atoms with Crippen LogP contribution in [0, 0.1) is 24.2 Å². The highest BCUT2D eigenvalue weighted by molar-refractivity contribution is 6.04. The summed E-state index contributed by atoms with van der Waals surface area (Å²) in [5.74, 6) is 3.34. The predicted molar refractivity (Wildman–Crippen MR) is 151 cm³/mol. The fraction of sp³-hybridized carbons (Fsp3) is 0.643. The number of ether oxygens (including phenoxy) is 2. The zero-order chi connectivity index (χ0) is 26.5. The molecular formula is C28H42N8O2. The molecule has 2 aromatic rings. The number of hydrogen-bond acceptors (Lipinski definition) is 10. The molecule has 1 unspecified atom stereocenters. The molecule has 0 radical (unpaired) electrons. The number of likely N-dealkylation sites (N-methyl/N-ethyl adjacent to an activating group) is 1. The van der Waals surface area contributed by atoms with Crippen molar-refractivity contribution in [2.75, 3.05) is 74.8 Å². The zero-order valence-corrected chi connectivity index (χ0v) is 23.0. The van der Waals surface area contributed by atoms with E-state index >= 15 is 0 Å². The van der Waals surface area contributed by atoms with Gasteiger partial charge in [-0.15, -0.1) is 0 Å². The number of pyridine rings is 1. The first-order chi connectivity index (χ1) is 18.5. The SMILES string of the molecule is Cc1ccnc(Nc2nc(N3CCNC(C)C3)nc(C(=N)COCC3CC3)c2N(C)CCOCC2CC2)c1. The Morgan fingerprint density at radius 1 is 1.18 bits per heavy atom. The molecule has 0 aromatic carbocycles. The second-order valence-corrected chi connectivity index (χ2v) is 11.1. The molecule has 3 fully saturated rings. The van der Waals surface area contributed by atoms with Crippen molar-refractivity contribution in [3.63, 3.8) is 0 Å². The molecule has 5 rings (SSSR count). The summed E-state index contributed by atoms with van der Waals surface area (Å²) in [6.45, 7) is 9.71. The maximum Gasteiger partial charge on any atom is 0.228 e. The zero-order valence-electron chi connectivity index (χ0n) is 23.0. The third kappa shape index (κ3) is 7.39. The molecular weight excluding hydrogens is 480 g/mol. The molecule has 0 spiro atoms. The van der Waals surface area contributed by atoms with Crippen LogP contribution in [0.15, 0.2) is 18.3 Å². The predicted octanol–water partition coefficient (Wildman–Crippen LogP) is 3.38. The van der Waals surface area contributed by atoms with Gasteiger partial charge in [0.1, 0.15) is 17.2 Å². The summed E-state index contributed by atoms with van der Waals surface area (Å²) in [7, 11) is 2.02. The lowest BCUT2D eigenvalue weighted by molar-refractivity contribution is 0.131. The second-order valence-electron chi connectivity index (χ2n) is 11.1. The standard InChI is InChI=1S/C28H42N8O2/c1-19-8-9-31-24(14-19)32-27-26(35(3)12-13-37-16-21-4-5-21)25(23(29)18-38-17-22-6-7-22)33-28(34-27)36-11-10-30-20(2)15-36/h8-9,14,20-22,29-30H,4-7,10-13,15-18H2,1-3H3,(H,31,32,33,34). The molecule has 2 saturated carbocycles. The molecule has 10 heteroatoms. The van der Waals surface area contributed by atoms with Gasteiger partial charge in [0.25, 0.3) is 0 Å². The lowest BCUT2D eigenvalue weighted by Gasteiger charge is -2.33. The van der Waals surface area contributed by atoms with Gasteiger partial charge in [-0.3, -0.25) is 0 Å². The molecule has 3 aliphatic rings. The van der Waals surface area contributed by atoms with Gasteiger partial charge in [0, 0.05) is 58.7 Å². The highest BCUT2D eigenvalue weighted by atomic mass is 16.5. The molecule has 3 heterocycles. The average molecular weight is 523 g/mol. The van der Waals surface area contributed by atoms with Crippen molar-refractivity contribution in [3.8, 4) is 0 Å². The Balaban J connectivity index is 1.46. The molecule has 2 aromatic heterocycles. The summed E-state index contributed by atoms with van der Waals surface area (Å²) in [5.41, 5.74) is 2.84. The molecule has 3 N–H and O–H groups in total. The van der Waals surface area contributed by atoms with Crippen LogP contribution in [0.3, 0.4) is 0 Å². The second kappa shape index (κ2) is 12.4. The molecule has 0 bridgehead atoms. The molecule has 0 amide bonds. The molecule has 38 heavy (non-hydrogen) atoms. The first-order valence-corrected chi connectivity index (χ1v) is 14.0. The number of hydrogen-bond donors (Lipinski definition) is 3. The van der Waals surface area contributed by atoms with E-state index in [1.54, 1.807) is 6.20 Å². The smallest absolute Gasteiger partial charge is 0.228 e. The van der Waals surface area contributed by atoms with E-state index in [-0.39, 0.29) is 6.61 Å². The normalized spacial score (nSPS) is 19.4. The van der Waals surface area contributed by atoms with E-state index in [1.165, 1.54) is 25.7 Å². The van der Waals surface area contributed by atoms with E-state index in [0.29, 0.717) is 60.7 Å².